The summed E-state index contributed by atoms with van der Waals surface area (Å²) < 4.78 is 19.6. The van der Waals surface area contributed by atoms with Crippen molar-refractivity contribution >= 4 is 15.9 Å². The lowest BCUT2D eigenvalue weighted by Gasteiger charge is -2.19. The van der Waals surface area contributed by atoms with Gasteiger partial charge >= 0.3 is 0 Å². The molecule has 2 rings (SSSR count). The second-order valence-electron chi connectivity index (χ2n) is 4.43. The van der Waals surface area contributed by atoms with Crippen molar-refractivity contribution in [3.8, 4) is 0 Å². The average molecular weight is 326 g/mol. The van der Waals surface area contributed by atoms with E-state index in [1.54, 1.807) is 12.3 Å². The van der Waals surface area contributed by atoms with Gasteiger partial charge in [0.1, 0.15) is 11.6 Å². The van der Waals surface area contributed by atoms with Crippen LogP contribution in [0.1, 0.15) is 30.7 Å². The number of nitrogens with one attached hydrogen (secondary N) is 1. The third-order valence-electron chi connectivity index (χ3n) is 2.98. The van der Waals surface area contributed by atoms with Crippen LogP contribution in [-0.2, 0) is 6.42 Å². The lowest BCUT2D eigenvalue weighted by atomic mass is 10.0. The van der Waals surface area contributed by atoms with Crippen LogP contribution in [0, 0.1) is 5.82 Å². The first-order chi connectivity index (χ1) is 9.22. The summed E-state index contributed by atoms with van der Waals surface area (Å²) in [5.41, 5.74) is 0.921. The maximum absolute atomic E-state index is 13.6. The van der Waals surface area contributed by atoms with Crippen LogP contribution < -0.4 is 5.32 Å². The van der Waals surface area contributed by atoms with Gasteiger partial charge in [-0.3, -0.25) is 0 Å². The van der Waals surface area contributed by atoms with Crippen molar-refractivity contribution in [2.75, 3.05) is 6.54 Å². The van der Waals surface area contributed by atoms with Gasteiger partial charge in [-0.25, -0.2) is 4.39 Å². The fourth-order valence-corrected chi connectivity index (χ4v) is 2.57. The molecule has 2 aromatic rings. The zero-order valence-corrected chi connectivity index (χ0v) is 12.4. The Morgan fingerprint density at radius 3 is 2.84 bits per heavy atom. The van der Waals surface area contributed by atoms with E-state index in [-0.39, 0.29) is 11.9 Å². The molecule has 102 valence electrons. The van der Waals surface area contributed by atoms with Crippen molar-refractivity contribution in [3.05, 3.63) is 58.2 Å². The van der Waals surface area contributed by atoms with Gasteiger partial charge in [0.2, 0.25) is 0 Å². The number of hydrogen-bond acceptors (Lipinski definition) is 2. The largest absolute Gasteiger partial charge is 0.469 e. The molecule has 1 heterocycles. The molecule has 0 saturated carbocycles. The molecule has 0 saturated heterocycles. The summed E-state index contributed by atoms with van der Waals surface area (Å²) in [5, 5.41) is 3.44. The Balaban J connectivity index is 2.23. The van der Waals surface area contributed by atoms with Gasteiger partial charge in [0.15, 0.2) is 0 Å². The van der Waals surface area contributed by atoms with E-state index in [0.29, 0.717) is 10.9 Å². The lowest BCUT2D eigenvalue weighted by Crippen LogP contribution is -2.24. The molecule has 0 spiro atoms. The minimum atomic E-state index is -0.236. The first kappa shape index (κ1) is 14.3. The van der Waals surface area contributed by atoms with Crippen LogP contribution in [-0.4, -0.2) is 6.54 Å². The third kappa shape index (κ3) is 3.67. The summed E-state index contributed by atoms with van der Waals surface area (Å²) in [6.07, 6.45) is 3.39. The maximum Gasteiger partial charge on any atom is 0.137 e. The standard InChI is InChI=1S/C15H17BrFNO/c1-2-8-18-14(10-11-5-4-9-19-11)12-6-3-7-13(17)15(12)16/h3-7,9,14,18H,2,8,10H2,1H3. The van der Waals surface area contributed by atoms with Crippen LogP contribution in [0.15, 0.2) is 45.5 Å². The number of halogens is 2. The van der Waals surface area contributed by atoms with E-state index in [0.717, 1.165) is 24.3 Å². The monoisotopic (exact) mass is 325 g/mol. The van der Waals surface area contributed by atoms with Gasteiger partial charge in [0, 0.05) is 12.5 Å². The highest BCUT2D eigenvalue weighted by Gasteiger charge is 2.17. The highest BCUT2D eigenvalue weighted by molar-refractivity contribution is 9.10. The first-order valence-corrected chi connectivity index (χ1v) is 7.21. The Labute approximate surface area is 121 Å². The fourth-order valence-electron chi connectivity index (χ4n) is 2.03. The molecule has 0 fully saturated rings. The molecule has 1 N–H and O–H groups in total. The molecule has 0 radical (unpaired) electrons. The summed E-state index contributed by atoms with van der Waals surface area (Å²) >= 11 is 3.33. The highest BCUT2D eigenvalue weighted by Crippen LogP contribution is 2.28. The second kappa shape index (κ2) is 6.87. The molecular formula is C15H17BrFNO. The summed E-state index contributed by atoms with van der Waals surface area (Å²) in [7, 11) is 0. The number of furan rings is 1. The third-order valence-corrected chi connectivity index (χ3v) is 3.82. The van der Waals surface area contributed by atoms with Crippen LogP contribution in [0.3, 0.4) is 0 Å². The normalized spacial score (nSPS) is 12.6. The van der Waals surface area contributed by atoms with Crippen molar-refractivity contribution < 1.29 is 8.81 Å². The number of rotatable bonds is 6. The molecule has 1 atom stereocenters. The van der Waals surface area contributed by atoms with Gasteiger partial charge in [-0.1, -0.05) is 19.1 Å². The minimum absolute atomic E-state index is 0.0381. The Bertz CT molecular complexity index is 513. The Kier molecular flexibility index (Phi) is 5.16. The van der Waals surface area contributed by atoms with Crippen molar-refractivity contribution in [1.82, 2.24) is 5.32 Å². The Morgan fingerprint density at radius 1 is 1.32 bits per heavy atom. The molecule has 0 aliphatic rings. The van der Waals surface area contributed by atoms with Crippen molar-refractivity contribution in [1.29, 1.82) is 0 Å². The van der Waals surface area contributed by atoms with Crippen molar-refractivity contribution in [3.63, 3.8) is 0 Å². The Morgan fingerprint density at radius 2 is 2.16 bits per heavy atom. The average Bonchev–Trinajstić information content (AvgIpc) is 2.91. The second-order valence-corrected chi connectivity index (χ2v) is 5.23. The topological polar surface area (TPSA) is 25.2 Å². The van der Waals surface area contributed by atoms with E-state index in [9.17, 15) is 4.39 Å². The molecule has 1 unspecified atom stereocenters. The molecule has 0 aliphatic carbocycles. The van der Waals surface area contributed by atoms with Crippen LogP contribution in [0.4, 0.5) is 4.39 Å². The van der Waals surface area contributed by atoms with Crippen molar-refractivity contribution in [2.24, 2.45) is 0 Å². The summed E-state index contributed by atoms with van der Waals surface area (Å²) in [6.45, 7) is 2.99. The summed E-state index contributed by atoms with van der Waals surface area (Å²) in [6, 6.07) is 8.97. The molecule has 1 aromatic carbocycles. The van der Waals surface area contributed by atoms with Crippen molar-refractivity contribution in [2.45, 2.75) is 25.8 Å². The van der Waals surface area contributed by atoms with Gasteiger partial charge in [0.25, 0.3) is 0 Å². The predicted octanol–water partition coefficient (Wildman–Crippen LogP) is 4.46. The maximum atomic E-state index is 13.6. The van der Waals surface area contributed by atoms with E-state index in [1.807, 2.05) is 18.2 Å². The van der Waals surface area contributed by atoms with E-state index < -0.39 is 0 Å². The van der Waals surface area contributed by atoms with E-state index in [1.165, 1.54) is 6.07 Å². The van der Waals surface area contributed by atoms with E-state index >= 15 is 0 Å². The van der Waals surface area contributed by atoms with Gasteiger partial charge in [-0.05, 0) is 52.7 Å². The predicted molar refractivity (Wildman–Crippen MR) is 77.5 cm³/mol. The SMILES string of the molecule is CCCNC(Cc1ccco1)c1cccc(F)c1Br. The van der Waals surface area contributed by atoms with Gasteiger partial charge < -0.3 is 9.73 Å². The number of benzene rings is 1. The van der Waals surface area contributed by atoms with Gasteiger partial charge in [0.05, 0.1) is 10.7 Å². The smallest absolute Gasteiger partial charge is 0.137 e. The molecule has 2 nitrogen and oxygen atoms in total. The van der Waals surface area contributed by atoms with Gasteiger partial charge in [-0.15, -0.1) is 0 Å². The Hall–Kier alpha value is -1.13. The van der Waals surface area contributed by atoms with Crippen LogP contribution >= 0.6 is 15.9 Å². The van der Waals surface area contributed by atoms with Crippen LogP contribution in [0.2, 0.25) is 0 Å². The zero-order valence-electron chi connectivity index (χ0n) is 10.8. The molecule has 0 bridgehead atoms. The molecule has 0 aliphatic heterocycles. The summed E-state index contributed by atoms with van der Waals surface area (Å²) in [5.74, 6) is 0.657. The quantitative estimate of drug-likeness (QED) is 0.847. The zero-order chi connectivity index (χ0) is 13.7. The minimum Gasteiger partial charge on any atom is -0.469 e. The molecule has 0 amide bonds. The molecule has 1 aromatic heterocycles. The van der Waals surface area contributed by atoms with E-state index in [2.05, 4.69) is 28.2 Å². The van der Waals surface area contributed by atoms with E-state index in [4.69, 9.17) is 4.42 Å². The number of hydrogen-bond donors (Lipinski definition) is 1. The highest BCUT2D eigenvalue weighted by atomic mass is 79.9. The molecule has 4 heteroatoms. The van der Waals surface area contributed by atoms with Crippen LogP contribution in [0.5, 0.6) is 0 Å². The lowest BCUT2D eigenvalue weighted by molar-refractivity contribution is 0.446. The van der Waals surface area contributed by atoms with Crippen LogP contribution in [0.25, 0.3) is 0 Å². The summed E-state index contributed by atoms with van der Waals surface area (Å²) in [4.78, 5) is 0. The molecular weight excluding hydrogens is 309 g/mol. The van der Waals surface area contributed by atoms with Gasteiger partial charge in [-0.2, -0.15) is 0 Å². The first-order valence-electron chi connectivity index (χ1n) is 6.42. The fraction of sp³-hybridized carbons (Fsp3) is 0.333. The molecule has 19 heavy (non-hydrogen) atoms.